The van der Waals surface area contributed by atoms with E-state index in [4.69, 9.17) is 11.6 Å². The van der Waals surface area contributed by atoms with Crippen LogP contribution in [0, 0.1) is 0 Å². The van der Waals surface area contributed by atoms with E-state index in [1.54, 1.807) is 6.20 Å². The highest BCUT2D eigenvalue weighted by atomic mass is 35.5. The fourth-order valence-electron chi connectivity index (χ4n) is 3.47. The fraction of sp³-hybridized carbons (Fsp3) is 0.304. The summed E-state index contributed by atoms with van der Waals surface area (Å²) < 4.78 is 1.90. The van der Waals surface area contributed by atoms with Gasteiger partial charge in [-0.05, 0) is 37.7 Å². The van der Waals surface area contributed by atoms with Crippen molar-refractivity contribution in [3.63, 3.8) is 0 Å². The van der Waals surface area contributed by atoms with Gasteiger partial charge >= 0.3 is 0 Å². The molecular weight excluding hydrogens is 384 g/mol. The summed E-state index contributed by atoms with van der Waals surface area (Å²) in [4.78, 5) is 15.0. The van der Waals surface area contributed by atoms with E-state index in [-0.39, 0.29) is 11.9 Å². The molecule has 0 radical (unpaired) electrons. The number of carbonyl (C=O) groups excluding carboxylic acids is 1. The average molecular weight is 411 g/mol. The van der Waals surface area contributed by atoms with Crippen molar-refractivity contribution in [2.45, 2.75) is 25.9 Å². The van der Waals surface area contributed by atoms with Crippen molar-refractivity contribution < 1.29 is 4.79 Å². The van der Waals surface area contributed by atoms with E-state index in [9.17, 15) is 4.79 Å². The van der Waals surface area contributed by atoms with E-state index in [1.165, 1.54) is 0 Å². The minimum atomic E-state index is -0.111. The molecule has 0 saturated carbocycles. The zero-order chi connectivity index (χ0) is 20.8. The molecule has 1 atom stereocenters. The first-order chi connectivity index (χ1) is 14.0. The number of rotatable bonds is 8. The summed E-state index contributed by atoms with van der Waals surface area (Å²) in [6, 6.07) is 17.9. The largest absolute Gasteiger partial charge is 0.350 e. The summed E-state index contributed by atoms with van der Waals surface area (Å²) in [5.41, 5.74) is 3.71. The first kappa shape index (κ1) is 21.1. The van der Waals surface area contributed by atoms with Gasteiger partial charge in [0.1, 0.15) is 0 Å². The number of hydrogen-bond acceptors (Lipinski definition) is 3. The fourth-order valence-corrected chi connectivity index (χ4v) is 3.73. The van der Waals surface area contributed by atoms with Gasteiger partial charge in [0.25, 0.3) is 5.91 Å². The molecule has 0 aliphatic heterocycles. The van der Waals surface area contributed by atoms with Crippen LogP contribution in [0.25, 0.3) is 0 Å². The van der Waals surface area contributed by atoms with Crippen LogP contribution in [0.3, 0.4) is 0 Å². The number of likely N-dealkylation sites (N-methyl/N-ethyl adjacent to an activating group) is 1. The molecule has 1 amide bonds. The lowest BCUT2D eigenvalue weighted by Gasteiger charge is -2.26. The van der Waals surface area contributed by atoms with Crippen molar-refractivity contribution in [3.8, 4) is 0 Å². The van der Waals surface area contributed by atoms with Crippen LogP contribution in [0.4, 0.5) is 0 Å². The molecule has 29 heavy (non-hydrogen) atoms. The van der Waals surface area contributed by atoms with E-state index in [0.29, 0.717) is 23.7 Å². The van der Waals surface area contributed by atoms with Gasteiger partial charge in [-0.25, -0.2) is 0 Å². The van der Waals surface area contributed by atoms with Crippen molar-refractivity contribution in [1.29, 1.82) is 0 Å². The molecule has 0 fully saturated rings. The summed E-state index contributed by atoms with van der Waals surface area (Å²) in [5.74, 6) is -0.111. The number of benzene rings is 2. The summed E-state index contributed by atoms with van der Waals surface area (Å²) in [6.07, 6.45) is 2.40. The van der Waals surface area contributed by atoms with Crippen molar-refractivity contribution in [2.24, 2.45) is 0 Å². The van der Waals surface area contributed by atoms with Crippen molar-refractivity contribution in [2.75, 3.05) is 20.6 Å². The Morgan fingerprint density at radius 1 is 1.14 bits per heavy atom. The SMILES string of the molecule is CCc1c(C(=O)NCC(c2ccccc2Cl)N(C)C)cnn1Cc1ccccc1. The molecule has 1 aromatic heterocycles. The van der Waals surface area contributed by atoms with Gasteiger partial charge in [0, 0.05) is 11.6 Å². The summed E-state index contributed by atoms with van der Waals surface area (Å²) >= 11 is 6.37. The summed E-state index contributed by atoms with van der Waals surface area (Å²) in [6.45, 7) is 3.15. The Bertz CT molecular complexity index is 953. The van der Waals surface area contributed by atoms with Crippen LogP contribution < -0.4 is 5.32 Å². The second kappa shape index (κ2) is 9.72. The maximum atomic E-state index is 12.9. The number of hydrogen-bond donors (Lipinski definition) is 1. The second-order valence-electron chi connectivity index (χ2n) is 7.21. The smallest absolute Gasteiger partial charge is 0.254 e. The van der Waals surface area contributed by atoms with E-state index in [1.807, 2.05) is 68.2 Å². The predicted octanol–water partition coefficient (Wildman–Crippen LogP) is 4.18. The third kappa shape index (κ3) is 5.05. The van der Waals surface area contributed by atoms with Crippen molar-refractivity contribution >= 4 is 17.5 Å². The number of halogens is 1. The number of amides is 1. The normalized spacial score (nSPS) is 12.2. The van der Waals surface area contributed by atoms with Crippen LogP contribution >= 0.6 is 11.6 Å². The highest BCUT2D eigenvalue weighted by Gasteiger charge is 2.21. The van der Waals surface area contributed by atoms with Crippen LogP contribution in [0.1, 0.15) is 40.1 Å². The Labute approximate surface area is 177 Å². The summed E-state index contributed by atoms with van der Waals surface area (Å²) in [5, 5.41) is 8.23. The van der Waals surface area contributed by atoms with Gasteiger partial charge in [0.15, 0.2) is 0 Å². The van der Waals surface area contributed by atoms with Crippen LogP contribution in [0.2, 0.25) is 5.02 Å². The zero-order valence-electron chi connectivity index (χ0n) is 17.1. The highest BCUT2D eigenvalue weighted by Crippen LogP contribution is 2.25. The van der Waals surface area contributed by atoms with E-state index >= 15 is 0 Å². The molecule has 0 aliphatic rings. The third-order valence-electron chi connectivity index (χ3n) is 5.05. The lowest BCUT2D eigenvalue weighted by Crippen LogP contribution is -2.35. The van der Waals surface area contributed by atoms with Crippen LogP contribution in [0.5, 0.6) is 0 Å². The third-order valence-corrected chi connectivity index (χ3v) is 5.39. The van der Waals surface area contributed by atoms with E-state index in [2.05, 4.69) is 27.4 Å². The van der Waals surface area contributed by atoms with Crippen molar-refractivity contribution in [3.05, 3.63) is 88.2 Å². The van der Waals surface area contributed by atoms with E-state index in [0.717, 1.165) is 23.2 Å². The van der Waals surface area contributed by atoms with Crippen LogP contribution in [-0.2, 0) is 13.0 Å². The number of aromatic nitrogens is 2. The molecule has 2 aromatic carbocycles. The number of nitrogens with zero attached hydrogens (tertiary/aromatic N) is 3. The molecule has 0 bridgehead atoms. The lowest BCUT2D eigenvalue weighted by molar-refractivity contribution is 0.0941. The minimum absolute atomic E-state index is 0.0166. The summed E-state index contributed by atoms with van der Waals surface area (Å²) in [7, 11) is 3.96. The van der Waals surface area contributed by atoms with Crippen LogP contribution in [0.15, 0.2) is 60.8 Å². The molecule has 0 aliphatic carbocycles. The second-order valence-corrected chi connectivity index (χ2v) is 7.62. The maximum Gasteiger partial charge on any atom is 0.254 e. The van der Waals surface area contributed by atoms with Crippen LogP contribution in [-0.4, -0.2) is 41.2 Å². The molecule has 0 spiro atoms. The molecular formula is C23H27ClN4O. The van der Waals surface area contributed by atoms with Gasteiger partial charge in [-0.3, -0.25) is 9.48 Å². The Kier molecular flexibility index (Phi) is 7.07. The highest BCUT2D eigenvalue weighted by molar-refractivity contribution is 6.31. The molecule has 6 heteroatoms. The Morgan fingerprint density at radius 2 is 1.83 bits per heavy atom. The van der Waals surface area contributed by atoms with E-state index < -0.39 is 0 Å². The lowest BCUT2D eigenvalue weighted by atomic mass is 10.1. The number of nitrogens with one attached hydrogen (secondary N) is 1. The van der Waals surface area contributed by atoms with Gasteiger partial charge in [-0.15, -0.1) is 0 Å². The molecule has 1 unspecified atom stereocenters. The Morgan fingerprint density at radius 3 is 2.48 bits per heavy atom. The molecule has 1 heterocycles. The van der Waals surface area contributed by atoms with Gasteiger partial charge in [-0.1, -0.05) is 67.1 Å². The standard InChI is InChI=1S/C23H27ClN4O/c1-4-21-19(14-26-28(21)16-17-10-6-5-7-11-17)23(29)25-15-22(27(2)3)18-12-8-9-13-20(18)24/h5-14,22H,4,15-16H2,1-3H3,(H,25,29). The van der Waals surface area contributed by atoms with Gasteiger partial charge in [-0.2, -0.15) is 5.10 Å². The Balaban J connectivity index is 1.74. The molecule has 1 N–H and O–H groups in total. The average Bonchev–Trinajstić information content (AvgIpc) is 3.12. The molecule has 5 nitrogen and oxygen atoms in total. The quantitative estimate of drug-likeness (QED) is 0.606. The van der Waals surface area contributed by atoms with Gasteiger partial charge in [0.05, 0.1) is 30.0 Å². The topological polar surface area (TPSA) is 50.2 Å². The maximum absolute atomic E-state index is 12.9. The zero-order valence-corrected chi connectivity index (χ0v) is 17.9. The van der Waals surface area contributed by atoms with Gasteiger partial charge < -0.3 is 10.2 Å². The van der Waals surface area contributed by atoms with Gasteiger partial charge in [0.2, 0.25) is 0 Å². The Hall–Kier alpha value is -2.63. The molecule has 3 aromatic rings. The first-order valence-electron chi connectivity index (χ1n) is 9.79. The monoisotopic (exact) mass is 410 g/mol. The van der Waals surface area contributed by atoms with Crippen molar-refractivity contribution in [1.82, 2.24) is 20.0 Å². The predicted molar refractivity (Wildman–Crippen MR) is 117 cm³/mol. The molecule has 0 saturated heterocycles. The molecule has 152 valence electrons. The number of carbonyl (C=O) groups is 1. The minimum Gasteiger partial charge on any atom is -0.350 e. The molecule has 3 rings (SSSR count). The first-order valence-corrected chi connectivity index (χ1v) is 10.2.